The predicted octanol–water partition coefficient (Wildman–Crippen LogP) is 2.67. The minimum absolute atomic E-state index is 0.0613. The average Bonchev–Trinajstić information content (AvgIpc) is 2.85. The van der Waals surface area contributed by atoms with Gasteiger partial charge in [0.15, 0.2) is 0 Å². The first-order valence-electron chi connectivity index (χ1n) is 6.17. The molecule has 0 atom stereocenters. The van der Waals surface area contributed by atoms with Crippen LogP contribution >= 0.6 is 0 Å². The summed E-state index contributed by atoms with van der Waals surface area (Å²) in [6.07, 6.45) is 1.92. The van der Waals surface area contributed by atoms with Gasteiger partial charge < -0.3 is 4.57 Å². The number of nitrogens with zero attached hydrogens (tertiary/aromatic N) is 1. The Morgan fingerprint density at radius 3 is 2.56 bits per heavy atom. The van der Waals surface area contributed by atoms with Crippen molar-refractivity contribution in [2.24, 2.45) is 0 Å². The second-order valence-corrected chi connectivity index (χ2v) is 4.58. The first kappa shape index (κ1) is 12.6. The number of rotatable bonds is 5. The maximum absolute atomic E-state index is 12.3. The SMILES string of the molecule is CC(C)NCn1cccc1C(=O)c1ccccc1. The number of benzene rings is 1. The molecule has 94 valence electrons. The van der Waals surface area contributed by atoms with Gasteiger partial charge in [0.2, 0.25) is 5.78 Å². The lowest BCUT2D eigenvalue weighted by Crippen LogP contribution is -2.26. The van der Waals surface area contributed by atoms with Crippen LogP contribution in [0.5, 0.6) is 0 Å². The molecule has 0 fully saturated rings. The molecule has 0 unspecified atom stereocenters. The Bertz CT molecular complexity index is 514. The van der Waals surface area contributed by atoms with Crippen molar-refractivity contribution in [3.63, 3.8) is 0 Å². The van der Waals surface area contributed by atoms with Gasteiger partial charge in [-0.15, -0.1) is 0 Å². The number of hydrogen-bond acceptors (Lipinski definition) is 2. The molecule has 2 rings (SSSR count). The molecule has 0 saturated carbocycles. The molecule has 1 aromatic carbocycles. The zero-order valence-electron chi connectivity index (χ0n) is 10.8. The zero-order chi connectivity index (χ0) is 13.0. The molecule has 3 nitrogen and oxygen atoms in total. The van der Waals surface area contributed by atoms with E-state index in [0.717, 1.165) is 5.56 Å². The molecule has 18 heavy (non-hydrogen) atoms. The van der Waals surface area contributed by atoms with E-state index in [4.69, 9.17) is 0 Å². The van der Waals surface area contributed by atoms with E-state index in [9.17, 15) is 4.79 Å². The summed E-state index contributed by atoms with van der Waals surface area (Å²) < 4.78 is 1.94. The van der Waals surface area contributed by atoms with Gasteiger partial charge >= 0.3 is 0 Å². The molecule has 0 saturated heterocycles. The first-order valence-corrected chi connectivity index (χ1v) is 6.17. The van der Waals surface area contributed by atoms with Crippen LogP contribution in [0.25, 0.3) is 0 Å². The van der Waals surface area contributed by atoms with Crippen LogP contribution < -0.4 is 5.32 Å². The molecule has 0 aliphatic heterocycles. The quantitative estimate of drug-likeness (QED) is 0.818. The van der Waals surface area contributed by atoms with Crippen molar-refractivity contribution in [2.45, 2.75) is 26.6 Å². The maximum Gasteiger partial charge on any atom is 0.209 e. The Balaban J connectivity index is 2.19. The molecule has 3 heteroatoms. The molecule has 1 N–H and O–H groups in total. The van der Waals surface area contributed by atoms with Gasteiger partial charge in [0.1, 0.15) is 0 Å². The fraction of sp³-hybridized carbons (Fsp3) is 0.267. The largest absolute Gasteiger partial charge is 0.332 e. The van der Waals surface area contributed by atoms with Gasteiger partial charge in [0.25, 0.3) is 0 Å². The third-order valence-corrected chi connectivity index (χ3v) is 2.77. The van der Waals surface area contributed by atoms with Gasteiger partial charge in [0.05, 0.1) is 12.4 Å². The third kappa shape index (κ3) is 2.87. The second-order valence-electron chi connectivity index (χ2n) is 4.58. The van der Waals surface area contributed by atoms with Gasteiger partial charge in [-0.2, -0.15) is 0 Å². The van der Waals surface area contributed by atoms with Gasteiger partial charge in [0, 0.05) is 17.8 Å². The molecule has 0 bridgehead atoms. The molecule has 0 aliphatic rings. The van der Waals surface area contributed by atoms with Crippen LogP contribution in [0.4, 0.5) is 0 Å². The lowest BCUT2D eigenvalue weighted by molar-refractivity contribution is 0.102. The zero-order valence-corrected chi connectivity index (χ0v) is 10.8. The van der Waals surface area contributed by atoms with Crippen molar-refractivity contribution < 1.29 is 4.79 Å². The monoisotopic (exact) mass is 242 g/mol. The van der Waals surface area contributed by atoms with Crippen LogP contribution in [-0.4, -0.2) is 16.4 Å². The summed E-state index contributed by atoms with van der Waals surface area (Å²) in [5.41, 5.74) is 1.44. The van der Waals surface area contributed by atoms with Crippen molar-refractivity contribution in [1.82, 2.24) is 9.88 Å². The van der Waals surface area contributed by atoms with Crippen LogP contribution in [-0.2, 0) is 6.67 Å². The van der Waals surface area contributed by atoms with Crippen molar-refractivity contribution in [3.8, 4) is 0 Å². The lowest BCUT2D eigenvalue weighted by Gasteiger charge is -2.12. The van der Waals surface area contributed by atoms with Gasteiger partial charge in [-0.3, -0.25) is 10.1 Å². The van der Waals surface area contributed by atoms with Crippen molar-refractivity contribution >= 4 is 5.78 Å². The van der Waals surface area contributed by atoms with E-state index in [-0.39, 0.29) is 5.78 Å². The summed E-state index contributed by atoms with van der Waals surface area (Å²) in [5.74, 6) is 0.0613. The normalized spacial score (nSPS) is 10.8. The van der Waals surface area contributed by atoms with Crippen molar-refractivity contribution in [2.75, 3.05) is 0 Å². The van der Waals surface area contributed by atoms with E-state index in [1.807, 2.05) is 53.2 Å². The highest BCUT2D eigenvalue weighted by Gasteiger charge is 2.12. The minimum Gasteiger partial charge on any atom is -0.332 e. The smallest absolute Gasteiger partial charge is 0.209 e. The molecule has 2 aromatic rings. The van der Waals surface area contributed by atoms with Crippen LogP contribution in [0.15, 0.2) is 48.7 Å². The Morgan fingerprint density at radius 1 is 1.17 bits per heavy atom. The molecule has 0 spiro atoms. The maximum atomic E-state index is 12.3. The van der Waals surface area contributed by atoms with E-state index in [0.29, 0.717) is 18.4 Å². The van der Waals surface area contributed by atoms with Crippen LogP contribution in [0.3, 0.4) is 0 Å². The summed E-state index contributed by atoms with van der Waals surface area (Å²) >= 11 is 0. The number of carbonyl (C=O) groups is 1. The van der Waals surface area contributed by atoms with Crippen LogP contribution in [0.1, 0.15) is 29.9 Å². The van der Waals surface area contributed by atoms with Crippen molar-refractivity contribution in [1.29, 1.82) is 0 Å². The molecule has 1 heterocycles. The first-order chi connectivity index (χ1) is 8.68. The third-order valence-electron chi connectivity index (χ3n) is 2.77. The van der Waals surface area contributed by atoms with E-state index in [2.05, 4.69) is 19.2 Å². The Morgan fingerprint density at radius 2 is 1.89 bits per heavy atom. The Labute approximate surface area is 107 Å². The lowest BCUT2D eigenvalue weighted by atomic mass is 10.1. The molecule has 0 aliphatic carbocycles. The van der Waals surface area contributed by atoms with E-state index in [1.165, 1.54) is 0 Å². The van der Waals surface area contributed by atoms with E-state index in [1.54, 1.807) is 0 Å². The molecular formula is C15H18N2O. The number of carbonyl (C=O) groups excluding carboxylic acids is 1. The van der Waals surface area contributed by atoms with E-state index < -0.39 is 0 Å². The molecule has 1 aromatic heterocycles. The molecule has 0 radical (unpaired) electrons. The molecular weight excluding hydrogens is 224 g/mol. The van der Waals surface area contributed by atoms with Gasteiger partial charge in [-0.05, 0) is 26.0 Å². The van der Waals surface area contributed by atoms with E-state index >= 15 is 0 Å². The predicted molar refractivity (Wildman–Crippen MR) is 72.6 cm³/mol. The van der Waals surface area contributed by atoms with Crippen LogP contribution in [0, 0.1) is 0 Å². The van der Waals surface area contributed by atoms with Crippen molar-refractivity contribution in [3.05, 3.63) is 59.9 Å². The Kier molecular flexibility index (Phi) is 3.95. The average molecular weight is 242 g/mol. The summed E-state index contributed by atoms with van der Waals surface area (Å²) in [7, 11) is 0. The standard InChI is InChI=1S/C15H18N2O/c1-12(2)16-11-17-10-6-9-14(17)15(18)13-7-4-3-5-8-13/h3-10,12,16H,11H2,1-2H3. The Hall–Kier alpha value is -1.87. The number of nitrogens with one attached hydrogen (secondary N) is 1. The second kappa shape index (κ2) is 5.65. The highest BCUT2D eigenvalue weighted by Crippen LogP contribution is 2.10. The fourth-order valence-electron chi connectivity index (χ4n) is 1.78. The highest BCUT2D eigenvalue weighted by atomic mass is 16.1. The number of ketones is 1. The minimum atomic E-state index is 0.0613. The topological polar surface area (TPSA) is 34.0 Å². The van der Waals surface area contributed by atoms with Gasteiger partial charge in [-0.25, -0.2) is 0 Å². The number of hydrogen-bond donors (Lipinski definition) is 1. The van der Waals surface area contributed by atoms with Crippen LogP contribution in [0.2, 0.25) is 0 Å². The summed E-state index contributed by atoms with van der Waals surface area (Å²) in [5, 5.41) is 3.31. The fourth-order valence-corrected chi connectivity index (χ4v) is 1.78. The molecule has 0 amide bonds. The summed E-state index contributed by atoms with van der Waals surface area (Å²) in [4.78, 5) is 12.3. The highest BCUT2D eigenvalue weighted by molar-refractivity contribution is 6.07. The number of aromatic nitrogens is 1. The van der Waals surface area contributed by atoms with Gasteiger partial charge in [-0.1, -0.05) is 30.3 Å². The summed E-state index contributed by atoms with van der Waals surface area (Å²) in [6, 6.07) is 13.5. The summed E-state index contributed by atoms with van der Waals surface area (Å²) in [6.45, 7) is 4.82.